The van der Waals surface area contributed by atoms with Crippen molar-refractivity contribution >= 4 is 0 Å². The summed E-state index contributed by atoms with van der Waals surface area (Å²) in [5.41, 5.74) is 7.01. The Bertz CT molecular complexity index is 410. The second kappa shape index (κ2) is 5.61. The van der Waals surface area contributed by atoms with Crippen molar-refractivity contribution in [3.63, 3.8) is 0 Å². The Morgan fingerprint density at radius 1 is 1.26 bits per heavy atom. The summed E-state index contributed by atoms with van der Waals surface area (Å²) in [6.07, 6.45) is 9.54. The first-order valence-corrected chi connectivity index (χ1v) is 7.60. The quantitative estimate of drug-likeness (QED) is 0.851. The van der Waals surface area contributed by atoms with Crippen LogP contribution in [0.3, 0.4) is 0 Å². The second-order valence-corrected chi connectivity index (χ2v) is 6.96. The molecule has 1 heterocycles. The Morgan fingerprint density at radius 3 is 2.79 bits per heavy atom. The predicted octanol–water partition coefficient (Wildman–Crippen LogP) is 2.92. The van der Waals surface area contributed by atoms with Crippen molar-refractivity contribution in [2.75, 3.05) is 0 Å². The van der Waals surface area contributed by atoms with E-state index in [-0.39, 0.29) is 5.54 Å². The van der Waals surface area contributed by atoms with Crippen molar-refractivity contribution in [3.05, 3.63) is 12.2 Å². The molecule has 0 aliphatic heterocycles. The van der Waals surface area contributed by atoms with E-state index < -0.39 is 0 Å². The molecule has 2 N–H and O–H groups in total. The molecule has 1 aliphatic carbocycles. The van der Waals surface area contributed by atoms with Crippen molar-refractivity contribution in [2.45, 2.75) is 77.8 Å². The molecule has 0 radical (unpaired) electrons. The zero-order valence-electron chi connectivity index (χ0n) is 12.7. The number of nitrogens with two attached hydrogens (primary N) is 1. The highest BCUT2D eigenvalue weighted by molar-refractivity contribution is 4.99. The molecule has 0 aromatic carbocycles. The van der Waals surface area contributed by atoms with Crippen LogP contribution in [0.1, 0.15) is 65.1 Å². The van der Waals surface area contributed by atoms with Crippen LogP contribution in [-0.4, -0.2) is 20.3 Å². The molecular weight excluding hydrogens is 236 g/mol. The third-order valence-electron chi connectivity index (χ3n) is 4.47. The van der Waals surface area contributed by atoms with E-state index in [9.17, 15) is 0 Å². The van der Waals surface area contributed by atoms with E-state index in [0.717, 1.165) is 38.1 Å². The standard InChI is InChI=1S/C15H28N4/c1-4-10-19-13(17-12-18-19)11-15(16)7-5-6-14(2,3)8-9-15/h12H,4-11,16H2,1-3H3. The van der Waals surface area contributed by atoms with Crippen molar-refractivity contribution in [3.8, 4) is 0 Å². The van der Waals surface area contributed by atoms with Gasteiger partial charge in [-0.25, -0.2) is 4.98 Å². The molecule has 4 nitrogen and oxygen atoms in total. The van der Waals surface area contributed by atoms with E-state index in [1.54, 1.807) is 6.33 Å². The summed E-state index contributed by atoms with van der Waals surface area (Å²) in [7, 11) is 0. The fraction of sp³-hybridized carbons (Fsp3) is 0.867. The number of hydrogen-bond acceptors (Lipinski definition) is 3. The zero-order chi connectivity index (χ0) is 13.9. The maximum Gasteiger partial charge on any atom is 0.138 e. The molecule has 1 aliphatic rings. The first-order valence-electron chi connectivity index (χ1n) is 7.60. The lowest BCUT2D eigenvalue weighted by Crippen LogP contribution is -2.42. The van der Waals surface area contributed by atoms with Crippen molar-refractivity contribution in [1.29, 1.82) is 0 Å². The Labute approximate surface area is 116 Å². The summed E-state index contributed by atoms with van der Waals surface area (Å²) in [5, 5.41) is 4.30. The van der Waals surface area contributed by atoms with E-state index in [1.165, 1.54) is 19.3 Å². The summed E-state index contributed by atoms with van der Waals surface area (Å²) in [6.45, 7) is 7.82. The van der Waals surface area contributed by atoms with E-state index in [1.807, 2.05) is 4.68 Å². The van der Waals surface area contributed by atoms with Crippen LogP contribution in [0.2, 0.25) is 0 Å². The molecule has 0 saturated heterocycles. The van der Waals surface area contributed by atoms with Crippen LogP contribution in [0.4, 0.5) is 0 Å². The van der Waals surface area contributed by atoms with Gasteiger partial charge in [0.05, 0.1) is 0 Å². The summed E-state index contributed by atoms with van der Waals surface area (Å²) < 4.78 is 2.02. The monoisotopic (exact) mass is 264 g/mol. The number of hydrogen-bond donors (Lipinski definition) is 1. The highest BCUT2D eigenvalue weighted by Crippen LogP contribution is 2.38. The molecule has 0 bridgehead atoms. The Balaban J connectivity index is 2.06. The molecule has 19 heavy (non-hydrogen) atoms. The maximum absolute atomic E-state index is 6.66. The fourth-order valence-electron chi connectivity index (χ4n) is 3.07. The number of rotatable bonds is 4. The van der Waals surface area contributed by atoms with Gasteiger partial charge in [-0.3, -0.25) is 4.68 Å². The molecule has 0 amide bonds. The first-order chi connectivity index (χ1) is 8.94. The van der Waals surface area contributed by atoms with Crippen molar-refractivity contribution in [2.24, 2.45) is 11.1 Å². The molecule has 4 heteroatoms. The molecule has 1 atom stereocenters. The van der Waals surface area contributed by atoms with Gasteiger partial charge in [0.2, 0.25) is 0 Å². The van der Waals surface area contributed by atoms with Gasteiger partial charge >= 0.3 is 0 Å². The predicted molar refractivity (Wildman–Crippen MR) is 77.8 cm³/mol. The van der Waals surface area contributed by atoms with Gasteiger partial charge < -0.3 is 5.73 Å². The van der Waals surface area contributed by atoms with Gasteiger partial charge in [0, 0.05) is 18.5 Å². The SMILES string of the molecule is CCCn1ncnc1CC1(N)CCCC(C)(C)CC1. The fourth-order valence-corrected chi connectivity index (χ4v) is 3.07. The van der Waals surface area contributed by atoms with Crippen LogP contribution in [0.25, 0.3) is 0 Å². The number of nitrogens with zero attached hydrogens (tertiary/aromatic N) is 3. The lowest BCUT2D eigenvalue weighted by Gasteiger charge is -2.29. The van der Waals surface area contributed by atoms with Crippen LogP contribution in [-0.2, 0) is 13.0 Å². The minimum Gasteiger partial charge on any atom is -0.325 e. The summed E-state index contributed by atoms with van der Waals surface area (Å²) in [6, 6.07) is 0. The molecule has 2 rings (SSSR count). The van der Waals surface area contributed by atoms with E-state index >= 15 is 0 Å². The summed E-state index contributed by atoms with van der Waals surface area (Å²) in [4.78, 5) is 4.41. The van der Waals surface area contributed by atoms with E-state index in [4.69, 9.17) is 5.73 Å². The van der Waals surface area contributed by atoms with Gasteiger partial charge in [-0.2, -0.15) is 5.10 Å². The summed E-state index contributed by atoms with van der Waals surface area (Å²) >= 11 is 0. The van der Waals surface area contributed by atoms with E-state index in [2.05, 4.69) is 30.9 Å². The van der Waals surface area contributed by atoms with Gasteiger partial charge in [0.25, 0.3) is 0 Å². The topological polar surface area (TPSA) is 56.7 Å². The minimum atomic E-state index is -0.0910. The van der Waals surface area contributed by atoms with Crippen LogP contribution in [0.5, 0.6) is 0 Å². The molecule has 0 spiro atoms. The van der Waals surface area contributed by atoms with Crippen LogP contribution < -0.4 is 5.73 Å². The Kier molecular flexibility index (Phi) is 4.29. The molecular formula is C15H28N4. The molecule has 1 saturated carbocycles. The van der Waals surface area contributed by atoms with Gasteiger partial charge in [-0.05, 0) is 37.5 Å². The molecule has 1 aromatic rings. The largest absolute Gasteiger partial charge is 0.325 e. The molecule has 108 valence electrons. The highest BCUT2D eigenvalue weighted by atomic mass is 15.3. The lowest BCUT2D eigenvalue weighted by atomic mass is 9.83. The Morgan fingerprint density at radius 2 is 2.05 bits per heavy atom. The smallest absolute Gasteiger partial charge is 0.138 e. The lowest BCUT2D eigenvalue weighted by molar-refractivity contribution is 0.294. The normalized spacial score (nSPS) is 27.2. The zero-order valence-corrected chi connectivity index (χ0v) is 12.7. The van der Waals surface area contributed by atoms with Gasteiger partial charge in [0.15, 0.2) is 0 Å². The third kappa shape index (κ3) is 3.78. The van der Waals surface area contributed by atoms with Gasteiger partial charge in [-0.1, -0.05) is 27.2 Å². The molecule has 1 aromatic heterocycles. The maximum atomic E-state index is 6.66. The van der Waals surface area contributed by atoms with E-state index in [0.29, 0.717) is 5.41 Å². The van der Waals surface area contributed by atoms with Crippen LogP contribution in [0, 0.1) is 5.41 Å². The van der Waals surface area contributed by atoms with Crippen molar-refractivity contribution in [1.82, 2.24) is 14.8 Å². The van der Waals surface area contributed by atoms with Gasteiger partial charge in [0.1, 0.15) is 12.2 Å². The highest BCUT2D eigenvalue weighted by Gasteiger charge is 2.33. The minimum absolute atomic E-state index is 0.0910. The van der Waals surface area contributed by atoms with Crippen LogP contribution in [0.15, 0.2) is 6.33 Å². The Hall–Kier alpha value is -0.900. The van der Waals surface area contributed by atoms with Gasteiger partial charge in [-0.15, -0.1) is 0 Å². The number of aryl methyl sites for hydroxylation is 1. The average molecular weight is 264 g/mol. The number of aromatic nitrogens is 3. The molecule has 1 unspecified atom stereocenters. The van der Waals surface area contributed by atoms with Crippen LogP contribution >= 0.6 is 0 Å². The summed E-state index contributed by atoms with van der Waals surface area (Å²) in [5.74, 6) is 1.06. The second-order valence-electron chi connectivity index (χ2n) is 6.96. The molecule has 1 fully saturated rings. The van der Waals surface area contributed by atoms with Crippen molar-refractivity contribution < 1.29 is 0 Å². The average Bonchev–Trinajstić information content (AvgIpc) is 2.69. The third-order valence-corrected chi connectivity index (χ3v) is 4.47. The first kappa shape index (κ1) is 14.5.